The molecule has 1 aromatic rings. The molecule has 0 amide bonds. The summed E-state index contributed by atoms with van der Waals surface area (Å²) in [5, 5.41) is 0. The Labute approximate surface area is 105 Å². The van der Waals surface area contributed by atoms with Crippen LogP contribution in [0.15, 0.2) is 30.2 Å². The first kappa shape index (κ1) is 2.65. The lowest BCUT2D eigenvalue weighted by Crippen LogP contribution is -2.31. The number of nitrogens with zero attached hydrogens (tertiary/aromatic N) is 1. The van der Waals surface area contributed by atoms with E-state index in [0.29, 0.717) is 0 Å². The van der Waals surface area contributed by atoms with Gasteiger partial charge in [-0.05, 0) is 25.8 Å². The average molecular weight is 200 g/mol. The monoisotopic (exact) mass is 200 g/mol. The molecule has 1 nitrogen and oxygen atoms in total. The summed E-state index contributed by atoms with van der Waals surface area (Å²) < 4.78 is 100. The first-order valence-electron chi connectivity index (χ1n) is 10.3. The average Bonchev–Trinajstić information content (AvgIpc) is 2.49. The van der Waals surface area contributed by atoms with E-state index in [4.69, 9.17) is 17.8 Å². The van der Waals surface area contributed by atoms with Gasteiger partial charge >= 0.3 is 0 Å². The molecule has 0 bridgehead atoms. The number of benzene rings is 1. The number of hydrogen-bond acceptors (Lipinski definition) is 1. The fraction of sp³-hybridized carbons (Fsp3) is 0.385. The van der Waals surface area contributed by atoms with E-state index in [2.05, 4.69) is 0 Å². The van der Waals surface area contributed by atoms with Crippen molar-refractivity contribution in [1.29, 1.82) is 0 Å². The highest BCUT2D eigenvalue weighted by Crippen LogP contribution is 2.06. The molecule has 0 N–H and O–H groups in total. The molecule has 1 heteroatoms. The van der Waals surface area contributed by atoms with Gasteiger partial charge in [0.25, 0.3) is 0 Å². The van der Waals surface area contributed by atoms with E-state index in [0.717, 1.165) is 6.92 Å². The van der Waals surface area contributed by atoms with Gasteiger partial charge in [0.15, 0.2) is 0 Å². The third-order valence-corrected chi connectivity index (χ3v) is 1.42. The summed E-state index contributed by atoms with van der Waals surface area (Å²) in [4.78, 5) is 0.113. The minimum atomic E-state index is -3.19. The number of likely N-dealkylation sites (N-methyl/N-ethyl adjacent to an activating group) is 1. The van der Waals surface area contributed by atoms with Crippen LogP contribution >= 0.6 is 0 Å². The zero-order valence-corrected chi connectivity index (χ0v) is 7.52. The lowest BCUT2D eigenvalue weighted by atomic mass is 10.1. The van der Waals surface area contributed by atoms with Crippen molar-refractivity contribution in [2.24, 2.45) is 0 Å². The molecule has 0 aliphatic rings. The molecule has 1 aromatic carbocycles. The van der Waals surface area contributed by atoms with Gasteiger partial charge in [-0.3, -0.25) is 4.90 Å². The van der Waals surface area contributed by atoms with Crippen molar-refractivity contribution in [3.63, 3.8) is 0 Å². The maximum atomic E-state index is 8.29. The molecule has 0 spiro atoms. The van der Waals surface area contributed by atoms with Crippen LogP contribution in [0.4, 0.5) is 0 Å². The summed E-state index contributed by atoms with van der Waals surface area (Å²) in [6.07, 6.45) is -1.36. The fourth-order valence-corrected chi connectivity index (χ4v) is 0.753. The Balaban J connectivity index is 3.74. The summed E-state index contributed by atoms with van der Waals surface area (Å²) in [5.41, 5.74) is -0.787. The Kier molecular flexibility index (Phi) is 1.03. The summed E-state index contributed by atoms with van der Waals surface area (Å²) in [6.45, 7) is -5.11. The number of hydrogen-bond donors (Lipinski definition) is 0. The van der Waals surface area contributed by atoms with Crippen LogP contribution in [0, 0.1) is 12.3 Å². The summed E-state index contributed by atoms with van der Waals surface area (Å²) in [7, 11) is 0. The van der Waals surface area contributed by atoms with Crippen molar-refractivity contribution in [3.8, 4) is 12.3 Å². The predicted octanol–water partition coefficient (Wildman–Crippen LogP) is 2.18. The van der Waals surface area contributed by atoms with E-state index < -0.39 is 61.7 Å². The molecular weight excluding hydrogens is 170 g/mol. The van der Waals surface area contributed by atoms with Crippen LogP contribution in [0.3, 0.4) is 0 Å². The van der Waals surface area contributed by atoms with Gasteiger partial charge in [0.05, 0.1) is 16.1 Å². The molecule has 0 saturated carbocycles. The maximum absolute atomic E-state index is 8.29. The highest BCUT2D eigenvalue weighted by atomic mass is 15.1. The van der Waals surface area contributed by atoms with Crippen molar-refractivity contribution >= 4 is 0 Å². The number of rotatable bonds is 4. The zero-order valence-electron chi connectivity index (χ0n) is 20.5. The fourth-order valence-electron chi connectivity index (χ4n) is 0.753. The van der Waals surface area contributed by atoms with E-state index in [9.17, 15) is 0 Å². The van der Waals surface area contributed by atoms with E-state index in [1.807, 2.05) is 0 Å². The van der Waals surface area contributed by atoms with Crippen molar-refractivity contribution in [3.05, 3.63) is 35.8 Å². The van der Waals surface area contributed by atoms with Crippen LogP contribution in [-0.2, 0) is 6.37 Å². The molecule has 0 fully saturated rings. The molecule has 0 heterocycles. The molecule has 0 radical (unpaired) electrons. The first-order valence-corrected chi connectivity index (χ1v) is 3.82. The van der Waals surface area contributed by atoms with Gasteiger partial charge in [-0.25, -0.2) is 0 Å². The van der Waals surface area contributed by atoms with Crippen LogP contribution in [0.5, 0.6) is 0 Å². The highest BCUT2D eigenvalue weighted by Gasteiger charge is 2.07. The van der Waals surface area contributed by atoms with Gasteiger partial charge in [-0.1, -0.05) is 36.1 Å². The van der Waals surface area contributed by atoms with Crippen molar-refractivity contribution in [1.82, 2.24) is 4.90 Å². The van der Waals surface area contributed by atoms with Crippen LogP contribution in [0.25, 0.3) is 0 Å². The highest BCUT2D eigenvalue weighted by molar-refractivity contribution is 5.15. The molecular formula is C13H17N. The smallest absolute Gasteiger partial charge is 0.124 e. The van der Waals surface area contributed by atoms with Crippen molar-refractivity contribution in [2.45, 2.75) is 19.3 Å². The van der Waals surface area contributed by atoms with E-state index in [1.165, 1.54) is 6.40 Å². The Morgan fingerprint density at radius 1 is 1.71 bits per heavy atom. The molecule has 1 rings (SSSR count). The van der Waals surface area contributed by atoms with Gasteiger partial charge in [0, 0.05) is 12.9 Å². The zero-order chi connectivity index (χ0) is 21.5. The molecule has 14 heavy (non-hydrogen) atoms. The molecule has 0 aliphatic heterocycles. The van der Waals surface area contributed by atoms with E-state index >= 15 is 0 Å². The van der Waals surface area contributed by atoms with Crippen molar-refractivity contribution in [2.75, 3.05) is 13.5 Å². The molecule has 74 valence electrons. The summed E-state index contributed by atoms with van der Waals surface area (Å²) in [5.74, 6) is 1.75. The van der Waals surface area contributed by atoms with Gasteiger partial charge in [0.2, 0.25) is 0 Å². The predicted molar refractivity (Wildman–Crippen MR) is 61.1 cm³/mol. The Morgan fingerprint density at radius 3 is 3.14 bits per heavy atom. The van der Waals surface area contributed by atoms with Crippen LogP contribution in [0.2, 0.25) is 0 Å². The van der Waals surface area contributed by atoms with E-state index in [-0.39, 0.29) is 4.90 Å². The molecule has 0 aliphatic carbocycles. The molecule has 0 saturated heterocycles. The molecule has 0 aromatic heterocycles. The van der Waals surface area contributed by atoms with E-state index in [1.54, 1.807) is 5.92 Å². The number of terminal acetylenes is 1. The van der Waals surface area contributed by atoms with Gasteiger partial charge in [-0.2, -0.15) is 0 Å². The second kappa shape index (κ2) is 5.47. The minimum absolute atomic E-state index is 0.113. The standard InChI is InChI=1S/C13H17N/c1-4-10-14(3)12(2)11-13-8-6-5-7-9-13/h1,5-9,12H,10-11H2,2-3H3/t12-/m1/s1/i1D,3D3,5D,6D,7D,8D,9D,10D2,11D2. The lowest BCUT2D eigenvalue weighted by Gasteiger charge is -2.22. The third-order valence-electron chi connectivity index (χ3n) is 1.42. The Bertz CT molecular complexity index is 757. The maximum Gasteiger partial charge on any atom is 0.124 e. The summed E-state index contributed by atoms with van der Waals surface area (Å²) in [6, 6.07) is -5.86. The lowest BCUT2D eigenvalue weighted by molar-refractivity contribution is 0.287. The van der Waals surface area contributed by atoms with Crippen LogP contribution in [0.1, 0.15) is 30.3 Å². The van der Waals surface area contributed by atoms with Crippen LogP contribution in [-0.4, -0.2) is 24.4 Å². The van der Waals surface area contributed by atoms with Gasteiger partial charge < -0.3 is 0 Å². The largest absolute Gasteiger partial charge is 0.292 e. The topological polar surface area (TPSA) is 3.24 Å². The normalized spacial score (nSPS) is 28.3. The SMILES string of the molecule is [2H]C#CC([2H])([2H])N([C@H](C)C([2H])([2H])c1c([2H])c([2H])c([2H])c([2H])c1[2H])C([2H])([2H])[2H]. The van der Waals surface area contributed by atoms with Crippen molar-refractivity contribution < 1.29 is 17.8 Å². The van der Waals surface area contributed by atoms with Gasteiger partial charge in [-0.15, -0.1) is 6.40 Å². The minimum Gasteiger partial charge on any atom is -0.292 e. The molecule has 0 unspecified atom stereocenters. The van der Waals surface area contributed by atoms with Crippen LogP contribution < -0.4 is 0 Å². The first-order chi connectivity index (χ1) is 12.0. The molecule has 1 atom stereocenters. The Hall–Kier alpha value is -1.26. The second-order valence-electron chi connectivity index (χ2n) is 2.43. The van der Waals surface area contributed by atoms with Gasteiger partial charge in [0.1, 0.15) is 1.37 Å². The third kappa shape index (κ3) is 3.24. The quantitative estimate of drug-likeness (QED) is 0.673. The Morgan fingerprint density at radius 2 is 2.50 bits per heavy atom. The second-order valence-corrected chi connectivity index (χ2v) is 2.43. The summed E-state index contributed by atoms with van der Waals surface area (Å²) >= 11 is 0.